The van der Waals surface area contributed by atoms with Crippen molar-refractivity contribution in [1.29, 1.82) is 0 Å². The van der Waals surface area contributed by atoms with E-state index in [1.54, 1.807) is 6.07 Å². The summed E-state index contributed by atoms with van der Waals surface area (Å²) in [4.78, 5) is 0. The van der Waals surface area contributed by atoms with Gasteiger partial charge >= 0.3 is 0 Å². The first kappa shape index (κ1) is 15.1. The maximum absolute atomic E-state index is 13.7. The molecule has 0 spiro atoms. The molecule has 2 aromatic rings. The minimum Gasteiger partial charge on any atom is -0.271 e. The molecule has 0 bridgehead atoms. The van der Waals surface area contributed by atoms with Crippen molar-refractivity contribution < 1.29 is 8.78 Å². The van der Waals surface area contributed by atoms with Crippen molar-refractivity contribution in [2.45, 2.75) is 19.4 Å². The Labute approximate surface area is 125 Å². The molecule has 0 amide bonds. The molecule has 0 radical (unpaired) electrons. The molecule has 0 fully saturated rings. The van der Waals surface area contributed by atoms with E-state index in [9.17, 15) is 8.78 Å². The Morgan fingerprint density at radius 2 is 2.00 bits per heavy atom. The van der Waals surface area contributed by atoms with Gasteiger partial charge < -0.3 is 0 Å². The number of nitrogens with two attached hydrogens (primary N) is 1. The summed E-state index contributed by atoms with van der Waals surface area (Å²) in [6, 6.07) is 9.68. The molecule has 0 aromatic heterocycles. The lowest BCUT2D eigenvalue weighted by atomic mass is 9.98. The van der Waals surface area contributed by atoms with Crippen LogP contribution in [0.25, 0.3) is 0 Å². The van der Waals surface area contributed by atoms with Crippen LogP contribution in [0.3, 0.4) is 0 Å². The number of rotatable bonds is 4. The topological polar surface area (TPSA) is 38.0 Å². The van der Waals surface area contributed by atoms with Crippen molar-refractivity contribution in [3.63, 3.8) is 0 Å². The maximum Gasteiger partial charge on any atom is 0.162 e. The number of halogens is 3. The zero-order valence-electron chi connectivity index (χ0n) is 11.0. The summed E-state index contributed by atoms with van der Waals surface area (Å²) in [5.41, 5.74) is 4.96. The molecule has 1 unspecified atom stereocenters. The highest BCUT2D eigenvalue weighted by Crippen LogP contribution is 2.27. The predicted octanol–water partition coefficient (Wildman–Crippen LogP) is 3.78. The maximum atomic E-state index is 13.7. The first-order valence-corrected chi connectivity index (χ1v) is 6.97. The highest BCUT2D eigenvalue weighted by atomic mass is 79.9. The lowest BCUT2D eigenvalue weighted by Crippen LogP contribution is -2.30. The molecule has 3 N–H and O–H groups in total. The summed E-state index contributed by atoms with van der Waals surface area (Å²) >= 11 is 3.47. The second kappa shape index (κ2) is 6.43. The van der Waals surface area contributed by atoms with Crippen molar-refractivity contribution in [3.8, 4) is 0 Å². The molecule has 2 rings (SSSR count). The van der Waals surface area contributed by atoms with Gasteiger partial charge in [0.15, 0.2) is 11.6 Å². The van der Waals surface area contributed by atoms with E-state index >= 15 is 0 Å². The summed E-state index contributed by atoms with van der Waals surface area (Å²) < 4.78 is 27.8. The Morgan fingerprint density at radius 3 is 2.65 bits per heavy atom. The minimum atomic E-state index is -0.846. The molecule has 5 heteroatoms. The van der Waals surface area contributed by atoms with Gasteiger partial charge in [0.05, 0.1) is 6.04 Å². The van der Waals surface area contributed by atoms with Crippen LogP contribution < -0.4 is 11.3 Å². The molecule has 0 saturated heterocycles. The third-order valence-corrected chi connectivity index (χ3v) is 3.87. The highest BCUT2D eigenvalue weighted by molar-refractivity contribution is 9.10. The zero-order chi connectivity index (χ0) is 14.7. The summed E-state index contributed by atoms with van der Waals surface area (Å²) in [7, 11) is 0. The van der Waals surface area contributed by atoms with E-state index in [1.165, 1.54) is 6.07 Å². The van der Waals surface area contributed by atoms with Gasteiger partial charge in [0.1, 0.15) is 0 Å². The third kappa shape index (κ3) is 3.23. The van der Waals surface area contributed by atoms with Crippen LogP contribution in [0, 0.1) is 18.6 Å². The second-order valence-corrected chi connectivity index (χ2v) is 5.52. The van der Waals surface area contributed by atoms with E-state index < -0.39 is 11.6 Å². The number of hydrogen-bond donors (Lipinski definition) is 2. The summed E-state index contributed by atoms with van der Waals surface area (Å²) in [6.45, 7) is 1.98. The molecule has 0 aliphatic rings. The van der Waals surface area contributed by atoms with E-state index in [1.807, 2.05) is 25.1 Å². The normalized spacial score (nSPS) is 12.4. The molecule has 20 heavy (non-hydrogen) atoms. The molecule has 2 nitrogen and oxygen atoms in total. The monoisotopic (exact) mass is 340 g/mol. The predicted molar refractivity (Wildman–Crippen MR) is 79.0 cm³/mol. The van der Waals surface area contributed by atoms with Gasteiger partial charge in [0.25, 0.3) is 0 Å². The van der Waals surface area contributed by atoms with Gasteiger partial charge in [-0.2, -0.15) is 0 Å². The van der Waals surface area contributed by atoms with Crippen molar-refractivity contribution in [2.24, 2.45) is 5.84 Å². The van der Waals surface area contributed by atoms with Crippen molar-refractivity contribution in [2.75, 3.05) is 0 Å². The fourth-order valence-corrected chi connectivity index (χ4v) is 2.87. The second-order valence-electron chi connectivity index (χ2n) is 4.66. The number of benzene rings is 2. The Balaban J connectivity index is 2.31. The van der Waals surface area contributed by atoms with Crippen LogP contribution in [0.15, 0.2) is 40.9 Å². The van der Waals surface area contributed by atoms with E-state index in [4.69, 9.17) is 5.84 Å². The molecular weight excluding hydrogens is 326 g/mol. The van der Waals surface area contributed by atoms with Gasteiger partial charge in [-0.15, -0.1) is 0 Å². The first-order valence-electron chi connectivity index (χ1n) is 6.18. The van der Waals surface area contributed by atoms with Gasteiger partial charge in [-0.3, -0.25) is 11.3 Å². The lowest BCUT2D eigenvalue weighted by molar-refractivity contribution is 0.481. The third-order valence-electron chi connectivity index (χ3n) is 3.19. The molecule has 106 valence electrons. The van der Waals surface area contributed by atoms with Gasteiger partial charge in [0, 0.05) is 4.47 Å². The summed E-state index contributed by atoms with van der Waals surface area (Å²) in [5, 5.41) is 0. The molecular formula is C15H15BrF2N2. The number of aryl methyl sites for hydroxylation is 1. The number of hydrazine groups is 1. The van der Waals surface area contributed by atoms with E-state index in [-0.39, 0.29) is 12.5 Å². The molecule has 2 aromatic carbocycles. The minimum absolute atomic E-state index is 0.266. The first-order chi connectivity index (χ1) is 9.52. The van der Waals surface area contributed by atoms with Gasteiger partial charge in [-0.25, -0.2) is 8.78 Å². The van der Waals surface area contributed by atoms with Crippen LogP contribution in [-0.4, -0.2) is 0 Å². The Kier molecular flexibility index (Phi) is 4.86. The van der Waals surface area contributed by atoms with E-state index in [2.05, 4.69) is 21.4 Å². The van der Waals surface area contributed by atoms with Crippen LogP contribution >= 0.6 is 15.9 Å². The SMILES string of the molecule is Cc1ccc(C(Cc2cccc(F)c2F)NN)c(Br)c1. The van der Waals surface area contributed by atoms with Crippen LogP contribution in [0.4, 0.5) is 8.78 Å². The zero-order valence-corrected chi connectivity index (χ0v) is 12.5. The average molecular weight is 341 g/mol. The molecule has 1 atom stereocenters. The molecule has 0 heterocycles. The van der Waals surface area contributed by atoms with Crippen LogP contribution in [0.2, 0.25) is 0 Å². The molecule has 0 aliphatic heterocycles. The summed E-state index contributed by atoms with van der Waals surface area (Å²) in [5.74, 6) is 3.89. The van der Waals surface area contributed by atoms with Gasteiger partial charge in [-0.05, 0) is 42.2 Å². The van der Waals surface area contributed by atoms with E-state index in [0.717, 1.165) is 21.7 Å². The summed E-state index contributed by atoms with van der Waals surface area (Å²) in [6.07, 6.45) is 0.266. The van der Waals surface area contributed by atoms with Gasteiger partial charge in [-0.1, -0.05) is 40.2 Å². The standard InChI is InChI=1S/C15H15BrF2N2/c1-9-5-6-11(12(16)7-9)14(20-19)8-10-3-2-4-13(17)15(10)18/h2-7,14,20H,8,19H2,1H3. The van der Waals surface area contributed by atoms with Gasteiger partial charge in [0.2, 0.25) is 0 Å². The smallest absolute Gasteiger partial charge is 0.162 e. The fraction of sp³-hybridized carbons (Fsp3) is 0.200. The fourth-order valence-electron chi connectivity index (χ4n) is 2.10. The van der Waals surface area contributed by atoms with E-state index in [0.29, 0.717) is 5.56 Å². The largest absolute Gasteiger partial charge is 0.271 e. The Bertz CT molecular complexity index is 617. The number of nitrogens with one attached hydrogen (secondary N) is 1. The highest BCUT2D eigenvalue weighted by Gasteiger charge is 2.17. The van der Waals surface area contributed by atoms with Crippen LogP contribution in [0.5, 0.6) is 0 Å². The Hall–Kier alpha value is -1.30. The van der Waals surface area contributed by atoms with Crippen LogP contribution in [0.1, 0.15) is 22.7 Å². The Morgan fingerprint density at radius 1 is 1.25 bits per heavy atom. The number of hydrogen-bond acceptors (Lipinski definition) is 2. The lowest BCUT2D eigenvalue weighted by Gasteiger charge is -2.19. The molecule has 0 saturated carbocycles. The van der Waals surface area contributed by atoms with Crippen molar-refractivity contribution in [1.82, 2.24) is 5.43 Å². The quantitative estimate of drug-likeness (QED) is 0.656. The van der Waals surface area contributed by atoms with Crippen LogP contribution in [-0.2, 0) is 6.42 Å². The van der Waals surface area contributed by atoms with Crippen molar-refractivity contribution >= 4 is 15.9 Å². The molecule has 0 aliphatic carbocycles. The van der Waals surface area contributed by atoms with Crippen molar-refractivity contribution in [3.05, 3.63) is 69.2 Å². The average Bonchev–Trinajstić information content (AvgIpc) is 2.41.